The number of nitrogens with zero attached hydrogens (tertiary/aromatic N) is 4. The van der Waals surface area contributed by atoms with Crippen LogP contribution < -0.4 is 4.74 Å². The summed E-state index contributed by atoms with van der Waals surface area (Å²) < 4.78 is 25.1. The average Bonchev–Trinajstić information content (AvgIpc) is 3.29. The predicted molar refractivity (Wildman–Crippen MR) is 105 cm³/mol. The second-order valence-electron chi connectivity index (χ2n) is 7.05. The van der Waals surface area contributed by atoms with E-state index in [4.69, 9.17) is 14.5 Å². The highest BCUT2D eigenvalue weighted by atomic mass is 19.1. The monoisotopic (exact) mass is 406 g/mol. The molecule has 3 aromatic rings. The third kappa shape index (κ3) is 3.74. The van der Waals surface area contributed by atoms with Crippen molar-refractivity contribution in [3.8, 4) is 23.3 Å². The number of rotatable bonds is 4. The molecule has 1 amide bonds. The zero-order valence-electron chi connectivity index (χ0n) is 16.3. The number of benzene rings is 2. The van der Waals surface area contributed by atoms with Crippen LogP contribution in [0.25, 0.3) is 11.5 Å². The van der Waals surface area contributed by atoms with Gasteiger partial charge >= 0.3 is 0 Å². The Morgan fingerprint density at radius 3 is 2.93 bits per heavy atom. The Balaban J connectivity index is 1.53. The standard InChI is InChI=1S/C22H19FN4O3/c1-29-19-7-3-2-6-17(19)21-25-20(26-30-21)15-5-4-10-27(13-15)22(28)16-9-8-14(12-24)11-18(16)23/h2-3,6-9,11,15H,4-5,10,13H2,1H3/t15-/m0/s1. The Labute approximate surface area is 172 Å². The second kappa shape index (κ2) is 8.33. The number of methoxy groups -OCH3 is 1. The minimum atomic E-state index is -0.695. The Morgan fingerprint density at radius 1 is 1.33 bits per heavy atom. The lowest BCUT2D eigenvalue weighted by molar-refractivity contribution is 0.0699. The van der Waals surface area contributed by atoms with Gasteiger partial charge in [0.15, 0.2) is 5.82 Å². The smallest absolute Gasteiger partial charge is 0.261 e. The molecular weight excluding hydrogens is 387 g/mol. The van der Waals surface area contributed by atoms with Crippen molar-refractivity contribution >= 4 is 5.91 Å². The van der Waals surface area contributed by atoms with Crippen molar-refractivity contribution in [2.24, 2.45) is 0 Å². The van der Waals surface area contributed by atoms with Gasteiger partial charge in [-0.15, -0.1) is 0 Å². The van der Waals surface area contributed by atoms with E-state index in [1.54, 1.807) is 12.0 Å². The summed E-state index contributed by atoms with van der Waals surface area (Å²) in [6.07, 6.45) is 1.54. The molecule has 1 aliphatic heterocycles. The van der Waals surface area contributed by atoms with E-state index in [-0.39, 0.29) is 17.0 Å². The van der Waals surface area contributed by atoms with Gasteiger partial charge in [0, 0.05) is 19.0 Å². The maximum Gasteiger partial charge on any atom is 0.261 e. The van der Waals surface area contributed by atoms with Gasteiger partial charge < -0.3 is 14.2 Å². The third-order valence-corrected chi connectivity index (χ3v) is 5.18. The Morgan fingerprint density at radius 2 is 2.17 bits per heavy atom. The van der Waals surface area contributed by atoms with Crippen LogP contribution in [0.2, 0.25) is 0 Å². The quantitative estimate of drug-likeness (QED) is 0.655. The highest BCUT2D eigenvalue weighted by molar-refractivity contribution is 5.94. The summed E-state index contributed by atoms with van der Waals surface area (Å²) in [4.78, 5) is 18.9. The van der Waals surface area contributed by atoms with Crippen molar-refractivity contribution in [3.63, 3.8) is 0 Å². The SMILES string of the molecule is COc1ccccc1-c1nc([C@H]2CCCN(C(=O)c3ccc(C#N)cc3F)C2)no1. The number of carbonyl (C=O) groups is 1. The number of likely N-dealkylation sites (tertiary alicyclic amines) is 1. The molecule has 4 rings (SSSR count). The van der Waals surface area contributed by atoms with E-state index in [2.05, 4.69) is 10.1 Å². The van der Waals surface area contributed by atoms with Crippen LogP contribution in [0.5, 0.6) is 5.75 Å². The first kappa shape index (κ1) is 19.6. The summed E-state index contributed by atoms with van der Waals surface area (Å²) in [5.74, 6) is 0.271. The molecule has 30 heavy (non-hydrogen) atoms. The fourth-order valence-corrected chi connectivity index (χ4v) is 3.63. The first-order chi connectivity index (χ1) is 14.6. The topological polar surface area (TPSA) is 92.2 Å². The molecule has 0 radical (unpaired) electrons. The van der Waals surface area contributed by atoms with Gasteiger partial charge in [0.1, 0.15) is 11.6 Å². The first-order valence-corrected chi connectivity index (χ1v) is 9.56. The zero-order valence-corrected chi connectivity index (χ0v) is 16.3. The van der Waals surface area contributed by atoms with E-state index >= 15 is 0 Å². The fourth-order valence-electron chi connectivity index (χ4n) is 3.63. The fraction of sp³-hybridized carbons (Fsp3) is 0.273. The lowest BCUT2D eigenvalue weighted by atomic mass is 9.96. The molecule has 1 aromatic heterocycles. The first-order valence-electron chi connectivity index (χ1n) is 9.56. The van der Waals surface area contributed by atoms with Gasteiger partial charge in [-0.05, 0) is 43.2 Å². The van der Waals surface area contributed by atoms with Crippen molar-refractivity contribution in [2.45, 2.75) is 18.8 Å². The van der Waals surface area contributed by atoms with Crippen LogP contribution in [0.4, 0.5) is 4.39 Å². The summed E-state index contributed by atoms with van der Waals surface area (Å²) in [6, 6.07) is 13.1. The van der Waals surface area contributed by atoms with Crippen LogP contribution in [0, 0.1) is 17.1 Å². The molecule has 0 aliphatic carbocycles. The molecule has 0 bridgehead atoms. The normalized spacial score (nSPS) is 16.2. The maximum absolute atomic E-state index is 14.3. The number of aromatic nitrogens is 2. The minimum absolute atomic E-state index is 0.0440. The molecule has 1 fully saturated rings. The van der Waals surface area contributed by atoms with Crippen molar-refractivity contribution in [3.05, 3.63) is 65.2 Å². The molecule has 0 saturated carbocycles. The molecule has 2 heterocycles. The van der Waals surface area contributed by atoms with Crippen molar-refractivity contribution in [1.29, 1.82) is 5.26 Å². The number of carbonyl (C=O) groups excluding carboxylic acids is 1. The zero-order chi connectivity index (χ0) is 21.1. The molecule has 2 aromatic carbocycles. The molecule has 0 spiro atoms. The number of piperidine rings is 1. The number of ether oxygens (including phenoxy) is 1. The van der Waals surface area contributed by atoms with Crippen LogP contribution in [0.3, 0.4) is 0 Å². The van der Waals surface area contributed by atoms with Gasteiger partial charge in [-0.3, -0.25) is 4.79 Å². The van der Waals surface area contributed by atoms with E-state index in [1.165, 1.54) is 12.1 Å². The van der Waals surface area contributed by atoms with Gasteiger partial charge in [0.05, 0.1) is 29.9 Å². The second-order valence-corrected chi connectivity index (χ2v) is 7.05. The predicted octanol–water partition coefficient (Wildman–Crippen LogP) is 3.78. The maximum atomic E-state index is 14.3. The number of halogens is 1. The van der Waals surface area contributed by atoms with Crippen LogP contribution in [0.1, 0.15) is 40.5 Å². The average molecular weight is 406 g/mol. The van der Waals surface area contributed by atoms with Crippen molar-refractivity contribution in [2.75, 3.05) is 20.2 Å². The number of hydrogen-bond acceptors (Lipinski definition) is 6. The Hall–Kier alpha value is -3.73. The lowest BCUT2D eigenvalue weighted by Gasteiger charge is -2.31. The van der Waals surface area contributed by atoms with Gasteiger partial charge in [0.2, 0.25) is 0 Å². The molecule has 7 nitrogen and oxygen atoms in total. The van der Waals surface area contributed by atoms with E-state index in [9.17, 15) is 9.18 Å². The van der Waals surface area contributed by atoms with E-state index < -0.39 is 11.7 Å². The number of nitriles is 1. The van der Waals surface area contributed by atoms with Gasteiger partial charge in [0.25, 0.3) is 11.8 Å². The Kier molecular flexibility index (Phi) is 5.44. The summed E-state index contributed by atoms with van der Waals surface area (Å²) in [5, 5.41) is 13.0. The molecule has 1 atom stereocenters. The Bertz CT molecular complexity index is 1120. The third-order valence-electron chi connectivity index (χ3n) is 5.18. The van der Waals surface area contributed by atoms with E-state index in [0.717, 1.165) is 18.9 Å². The van der Waals surface area contributed by atoms with Crippen molar-refractivity contribution < 1.29 is 18.4 Å². The molecule has 1 aliphatic rings. The molecular formula is C22H19FN4O3. The minimum Gasteiger partial charge on any atom is -0.496 e. The van der Waals surface area contributed by atoms with Crippen LogP contribution >= 0.6 is 0 Å². The van der Waals surface area contributed by atoms with Crippen LogP contribution in [-0.2, 0) is 0 Å². The van der Waals surface area contributed by atoms with Crippen molar-refractivity contribution in [1.82, 2.24) is 15.0 Å². The molecule has 8 heteroatoms. The number of para-hydroxylation sites is 1. The summed E-state index contributed by atoms with van der Waals surface area (Å²) >= 11 is 0. The highest BCUT2D eigenvalue weighted by Gasteiger charge is 2.30. The molecule has 0 N–H and O–H groups in total. The van der Waals surface area contributed by atoms with Gasteiger partial charge in [-0.25, -0.2) is 4.39 Å². The van der Waals surface area contributed by atoms with Gasteiger partial charge in [-0.2, -0.15) is 10.2 Å². The lowest BCUT2D eigenvalue weighted by Crippen LogP contribution is -2.39. The van der Waals surface area contributed by atoms with Crippen LogP contribution in [0.15, 0.2) is 47.0 Å². The van der Waals surface area contributed by atoms with E-state index in [0.29, 0.717) is 36.1 Å². The number of hydrogen-bond donors (Lipinski definition) is 0. The summed E-state index contributed by atoms with van der Waals surface area (Å²) in [5.41, 5.74) is 0.829. The number of amides is 1. The summed E-state index contributed by atoms with van der Waals surface area (Å²) in [6.45, 7) is 0.884. The molecule has 152 valence electrons. The van der Waals surface area contributed by atoms with Gasteiger partial charge in [-0.1, -0.05) is 17.3 Å². The largest absolute Gasteiger partial charge is 0.496 e. The van der Waals surface area contributed by atoms with E-state index in [1.807, 2.05) is 30.3 Å². The molecule has 1 saturated heterocycles. The highest BCUT2D eigenvalue weighted by Crippen LogP contribution is 2.31. The molecule has 0 unspecified atom stereocenters. The summed E-state index contributed by atoms with van der Waals surface area (Å²) in [7, 11) is 1.57. The van der Waals surface area contributed by atoms with Crippen LogP contribution in [-0.4, -0.2) is 41.1 Å².